The summed E-state index contributed by atoms with van der Waals surface area (Å²) in [6.07, 6.45) is 0. The highest BCUT2D eigenvalue weighted by Gasteiger charge is 2.24. The summed E-state index contributed by atoms with van der Waals surface area (Å²) < 4.78 is 0. The highest BCUT2D eigenvalue weighted by Crippen LogP contribution is 2.24. The number of rotatable bonds is 3. The van der Waals surface area contributed by atoms with E-state index < -0.39 is 11.9 Å². The molecule has 0 aliphatic heterocycles. The van der Waals surface area contributed by atoms with E-state index in [1.54, 1.807) is 25.2 Å². The lowest BCUT2D eigenvalue weighted by molar-refractivity contribution is -0.118. The number of hydrogen-bond acceptors (Lipinski definition) is 2. The van der Waals surface area contributed by atoms with Crippen molar-refractivity contribution in [3.8, 4) is 0 Å². The van der Waals surface area contributed by atoms with Gasteiger partial charge in [-0.05, 0) is 12.1 Å². The first-order valence-corrected chi connectivity index (χ1v) is 5.13. The lowest BCUT2D eigenvalue weighted by Gasteiger charge is -2.07. The van der Waals surface area contributed by atoms with Gasteiger partial charge in [-0.2, -0.15) is 0 Å². The first-order valence-electron chi connectivity index (χ1n) is 5.13. The van der Waals surface area contributed by atoms with E-state index in [4.69, 9.17) is 12.3 Å². The van der Waals surface area contributed by atoms with Crippen LogP contribution in [0.2, 0.25) is 0 Å². The van der Waals surface area contributed by atoms with Crippen molar-refractivity contribution in [2.75, 3.05) is 12.4 Å². The van der Waals surface area contributed by atoms with Crippen LogP contribution in [0, 0.1) is 6.57 Å². The average molecular weight is 219 g/mol. The Balaban J connectivity index is 0.00000106. The van der Waals surface area contributed by atoms with Gasteiger partial charge in [0.05, 0.1) is 5.56 Å². The van der Waals surface area contributed by atoms with Crippen LogP contribution >= 0.6 is 0 Å². The lowest BCUT2D eigenvalue weighted by Crippen LogP contribution is -2.19. The molecule has 1 atom stereocenters. The van der Waals surface area contributed by atoms with Crippen LogP contribution in [-0.4, -0.2) is 13.0 Å². The summed E-state index contributed by atoms with van der Waals surface area (Å²) in [7, 11) is 1.74. The molecular weight excluding hydrogens is 202 g/mol. The van der Waals surface area contributed by atoms with Gasteiger partial charge in [-0.1, -0.05) is 26.0 Å². The second-order valence-corrected chi connectivity index (χ2v) is 2.77. The van der Waals surface area contributed by atoms with E-state index in [1.807, 2.05) is 19.9 Å². The van der Waals surface area contributed by atoms with Crippen molar-refractivity contribution in [2.45, 2.75) is 19.9 Å². The molecule has 86 valence electrons. The van der Waals surface area contributed by atoms with Crippen LogP contribution in [0.5, 0.6) is 0 Å². The summed E-state index contributed by atoms with van der Waals surface area (Å²) in [4.78, 5) is 14.2. The Bertz CT molecular complexity index is 382. The maximum Gasteiger partial charge on any atom is 0.327 e. The molecule has 0 aliphatic rings. The van der Waals surface area contributed by atoms with Crippen molar-refractivity contribution in [3.63, 3.8) is 0 Å². The molecule has 0 saturated heterocycles. The van der Waals surface area contributed by atoms with Crippen LogP contribution < -0.4 is 11.1 Å². The highest BCUT2D eigenvalue weighted by atomic mass is 16.1. The number of hydrogen-bond donors (Lipinski definition) is 2. The normalized spacial score (nSPS) is 10.4. The third kappa shape index (κ3) is 3.28. The second kappa shape index (κ2) is 7.30. The molecule has 4 heteroatoms. The number of amides is 1. The van der Waals surface area contributed by atoms with Gasteiger partial charge < -0.3 is 11.1 Å². The predicted molar refractivity (Wildman–Crippen MR) is 65.9 cm³/mol. The largest absolute Gasteiger partial charge is 0.388 e. The van der Waals surface area contributed by atoms with Gasteiger partial charge in [0.15, 0.2) is 0 Å². The Kier molecular flexibility index (Phi) is 6.37. The summed E-state index contributed by atoms with van der Waals surface area (Å²) in [5, 5.41) is 2.91. The predicted octanol–water partition coefficient (Wildman–Crippen LogP) is 2.20. The minimum absolute atomic E-state index is 0.622. The summed E-state index contributed by atoms with van der Waals surface area (Å²) in [6.45, 7) is 10.9. The molecule has 0 bridgehead atoms. The molecule has 1 amide bonds. The van der Waals surface area contributed by atoms with Crippen LogP contribution in [0.25, 0.3) is 4.85 Å². The summed E-state index contributed by atoms with van der Waals surface area (Å²) in [5.41, 5.74) is 6.50. The Hall–Kier alpha value is -2.02. The minimum Gasteiger partial charge on any atom is -0.388 e. The third-order valence-electron chi connectivity index (χ3n) is 1.92. The van der Waals surface area contributed by atoms with Crippen LogP contribution in [0.3, 0.4) is 0 Å². The van der Waals surface area contributed by atoms with Crippen molar-refractivity contribution >= 4 is 11.6 Å². The molecule has 0 fully saturated rings. The molecule has 3 N–H and O–H groups in total. The van der Waals surface area contributed by atoms with Crippen molar-refractivity contribution < 1.29 is 4.79 Å². The number of para-hydroxylation sites is 1. The molecule has 1 rings (SSSR count). The molecule has 0 saturated carbocycles. The van der Waals surface area contributed by atoms with Gasteiger partial charge in [0.1, 0.15) is 0 Å². The lowest BCUT2D eigenvalue weighted by atomic mass is 10.1. The Labute approximate surface area is 96.3 Å². The van der Waals surface area contributed by atoms with Crippen molar-refractivity contribution in [2.24, 2.45) is 5.73 Å². The molecule has 0 radical (unpaired) electrons. The SMILES string of the molecule is CC.[C-]#[N+]C(C(N)=O)c1ccccc1NC. The molecule has 1 aromatic rings. The van der Waals surface area contributed by atoms with Gasteiger partial charge in [-0.15, -0.1) is 0 Å². The monoisotopic (exact) mass is 219 g/mol. The van der Waals surface area contributed by atoms with Gasteiger partial charge in [-0.25, -0.2) is 6.57 Å². The maximum atomic E-state index is 11.0. The van der Waals surface area contributed by atoms with E-state index in [9.17, 15) is 4.79 Å². The van der Waals surface area contributed by atoms with Gasteiger partial charge in [0.2, 0.25) is 0 Å². The standard InChI is InChI=1S/C10H11N3O.C2H6/c1-12-8-6-4-3-5-7(8)9(13-2)10(11)14;1-2/h3-6,9,12H,1H3,(H2,11,14);1-2H3. The third-order valence-corrected chi connectivity index (χ3v) is 1.92. The molecule has 0 heterocycles. The summed E-state index contributed by atoms with van der Waals surface area (Å²) >= 11 is 0. The number of nitrogens with one attached hydrogen (secondary N) is 1. The Morgan fingerprint density at radius 1 is 1.44 bits per heavy atom. The Morgan fingerprint density at radius 2 is 2.00 bits per heavy atom. The van der Waals surface area contributed by atoms with Gasteiger partial charge in [0.25, 0.3) is 0 Å². The maximum absolute atomic E-state index is 11.0. The fraction of sp³-hybridized carbons (Fsp3) is 0.333. The first kappa shape index (κ1) is 14.0. The van der Waals surface area contributed by atoms with Crippen LogP contribution in [0.1, 0.15) is 25.5 Å². The smallest absolute Gasteiger partial charge is 0.327 e. The molecule has 0 aliphatic carbocycles. The van der Waals surface area contributed by atoms with Crippen molar-refractivity contribution in [1.82, 2.24) is 0 Å². The zero-order chi connectivity index (χ0) is 12.6. The quantitative estimate of drug-likeness (QED) is 0.766. The minimum atomic E-state index is -0.904. The van der Waals surface area contributed by atoms with E-state index in [0.717, 1.165) is 5.69 Å². The van der Waals surface area contributed by atoms with E-state index in [0.29, 0.717) is 5.56 Å². The number of primary amides is 1. The fourth-order valence-electron chi connectivity index (χ4n) is 1.25. The number of carbonyl (C=O) groups excluding carboxylic acids is 1. The number of nitrogens with two attached hydrogens (primary N) is 1. The Morgan fingerprint density at radius 3 is 2.44 bits per heavy atom. The summed E-state index contributed by atoms with van der Waals surface area (Å²) in [5.74, 6) is -0.622. The highest BCUT2D eigenvalue weighted by molar-refractivity contribution is 5.85. The van der Waals surface area contributed by atoms with E-state index in [1.165, 1.54) is 0 Å². The van der Waals surface area contributed by atoms with Crippen LogP contribution in [-0.2, 0) is 4.79 Å². The second-order valence-electron chi connectivity index (χ2n) is 2.77. The van der Waals surface area contributed by atoms with E-state index in [2.05, 4.69) is 10.2 Å². The van der Waals surface area contributed by atoms with Crippen molar-refractivity contribution in [1.29, 1.82) is 0 Å². The number of nitrogens with zero attached hydrogens (tertiary/aromatic N) is 1. The zero-order valence-electron chi connectivity index (χ0n) is 9.82. The van der Waals surface area contributed by atoms with Gasteiger partial charge >= 0.3 is 11.9 Å². The first-order chi connectivity index (χ1) is 7.70. The van der Waals surface area contributed by atoms with Gasteiger partial charge in [-0.3, -0.25) is 9.64 Å². The van der Waals surface area contributed by atoms with Crippen molar-refractivity contribution in [3.05, 3.63) is 41.2 Å². The topological polar surface area (TPSA) is 59.5 Å². The summed E-state index contributed by atoms with van der Waals surface area (Å²) in [6, 6.07) is 6.23. The molecule has 4 nitrogen and oxygen atoms in total. The molecular formula is C12H17N3O. The molecule has 1 unspecified atom stereocenters. The van der Waals surface area contributed by atoms with Gasteiger partial charge in [0, 0.05) is 12.7 Å². The molecule has 1 aromatic carbocycles. The average Bonchev–Trinajstić information content (AvgIpc) is 2.33. The number of carbonyl (C=O) groups is 1. The van der Waals surface area contributed by atoms with Crippen LogP contribution in [0.4, 0.5) is 5.69 Å². The molecule has 16 heavy (non-hydrogen) atoms. The molecule has 0 aromatic heterocycles. The van der Waals surface area contributed by atoms with Crippen LogP contribution in [0.15, 0.2) is 24.3 Å². The number of anilines is 1. The number of benzene rings is 1. The molecule has 0 spiro atoms. The fourth-order valence-corrected chi connectivity index (χ4v) is 1.25. The van der Waals surface area contributed by atoms with E-state index in [-0.39, 0.29) is 0 Å². The zero-order valence-corrected chi connectivity index (χ0v) is 9.82. The van der Waals surface area contributed by atoms with E-state index >= 15 is 0 Å².